The molecule has 3 unspecified atom stereocenters. The molecule has 0 spiro atoms. The number of nitrogens with one attached hydrogen (secondary N) is 1. The number of carbonyl (C=O) groups excluding carboxylic acids is 2. The lowest BCUT2D eigenvalue weighted by molar-refractivity contribution is -0.151. The third-order valence-corrected chi connectivity index (χ3v) is 11.1. The number of rotatable bonds is 8. The molecule has 3 aliphatic heterocycles. The minimum Gasteiger partial charge on any atom is -0.481 e. The van der Waals surface area contributed by atoms with Crippen LogP contribution in [0.15, 0.2) is 46.0 Å². The number of nitrogens with zero attached hydrogens (tertiary/aromatic N) is 5. The van der Waals surface area contributed by atoms with Crippen molar-refractivity contribution >= 4 is 46.7 Å². The normalized spacial score (nSPS) is 29.6. The molecule has 1 aromatic heterocycles. The summed E-state index contributed by atoms with van der Waals surface area (Å²) in [5.74, 6) is -1.02. The molecular formula is C31H34ClFN6O5S. The average Bonchev–Trinajstić information content (AvgIpc) is 3.81. The van der Waals surface area contributed by atoms with Crippen molar-refractivity contribution in [3.8, 4) is 0 Å². The first kappa shape index (κ1) is 30.1. The Morgan fingerprint density at radius 1 is 1.27 bits per heavy atom. The first-order chi connectivity index (χ1) is 21.7. The second-order valence-corrected chi connectivity index (χ2v) is 13.8. The molecule has 2 aromatic rings. The van der Waals surface area contributed by atoms with E-state index in [2.05, 4.69) is 15.2 Å². The standard InChI is InChI=1S/C31H34ClFN6O5S/c1-2-44-28(40)24-22(35-26(27-34-7-10-45-27)36-25(24)20-4-3-18(33)12-21(20)32)16-37-8-9-38-19(14-37)15-39(30(38)43)23-11-17-5-6-31(23,13-17)29(41)42/h3-4,7,10,12,17,19,23,25H,2,5-6,8-9,11,13-16H2,1H3,(H,35,36)(H,41,42)/t17?,19-,23?,25-,31?/m0/s1. The maximum Gasteiger partial charge on any atom is 0.338 e. The summed E-state index contributed by atoms with van der Waals surface area (Å²) < 4.78 is 19.5. The van der Waals surface area contributed by atoms with Crippen molar-refractivity contribution in [3.63, 3.8) is 0 Å². The smallest absolute Gasteiger partial charge is 0.338 e. The number of hydrogen-bond acceptors (Lipinski definition) is 9. The van der Waals surface area contributed by atoms with Crippen molar-refractivity contribution in [3.05, 3.63) is 62.5 Å². The first-order valence-corrected chi connectivity index (χ1v) is 16.6. The van der Waals surface area contributed by atoms with E-state index in [1.54, 1.807) is 13.1 Å². The topological polar surface area (TPSA) is 128 Å². The third kappa shape index (κ3) is 5.18. The summed E-state index contributed by atoms with van der Waals surface area (Å²) in [5, 5.41) is 16.1. The fourth-order valence-electron chi connectivity index (χ4n) is 7.98. The molecule has 238 valence electrons. The Morgan fingerprint density at radius 3 is 2.82 bits per heavy atom. The average molecular weight is 657 g/mol. The number of carboxylic acids is 1. The number of thiazole rings is 1. The SMILES string of the molecule is CCOC(=O)C1=C(CN2CCN3C(=O)N(C4CC5CCC4(C(=O)O)C5)C[C@@H]3C2)NC(c2nccs2)=N[C@H]1c1ccc(F)cc1Cl. The largest absolute Gasteiger partial charge is 0.481 e. The van der Waals surface area contributed by atoms with E-state index in [4.69, 9.17) is 21.3 Å². The molecule has 7 rings (SSSR count). The van der Waals surface area contributed by atoms with Gasteiger partial charge in [0.2, 0.25) is 0 Å². The summed E-state index contributed by atoms with van der Waals surface area (Å²) in [6.07, 6.45) is 4.59. The van der Waals surface area contributed by atoms with E-state index in [-0.39, 0.29) is 35.3 Å². The van der Waals surface area contributed by atoms with Crippen molar-refractivity contribution in [2.75, 3.05) is 39.3 Å². The van der Waals surface area contributed by atoms with Crippen LogP contribution in [0.3, 0.4) is 0 Å². The molecule has 4 fully saturated rings. The number of hydrogen-bond donors (Lipinski definition) is 2. The molecular weight excluding hydrogens is 623 g/mol. The number of fused-ring (bicyclic) bond motifs is 3. The van der Waals surface area contributed by atoms with Crippen molar-refractivity contribution in [2.45, 2.75) is 50.7 Å². The number of ether oxygens (including phenoxy) is 1. The first-order valence-electron chi connectivity index (χ1n) is 15.3. The highest BCUT2D eigenvalue weighted by Gasteiger charge is 2.61. The van der Waals surface area contributed by atoms with Gasteiger partial charge in [0.1, 0.15) is 11.9 Å². The number of aliphatic imine (C=N–C) groups is 1. The Labute approximate surface area is 268 Å². The molecule has 2 bridgehead atoms. The van der Waals surface area contributed by atoms with E-state index in [0.29, 0.717) is 73.6 Å². The predicted molar refractivity (Wildman–Crippen MR) is 164 cm³/mol. The molecule has 45 heavy (non-hydrogen) atoms. The summed E-state index contributed by atoms with van der Waals surface area (Å²) >= 11 is 7.90. The molecule has 11 nitrogen and oxygen atoms in total. The molecule has 0 radical (unpaired) electrons. The van der Waals surface area contributed by atoms with Crippen LogP contribution in [0.4, 0.5) is 9.18 Å². The number of esters is 1. The number of carbonyl (C=O) groups is 3. The van der Waals surface area contributed by atoms with Crippen molar-refractivity contribution in [1.82, 2.24) is 25.0 Å². The molecule has 2 aliphatic carbocycles. The molecule has 2 amide bonds. The molecule has 4 heterocycles. The fraction of sp³-hybridized carbons (Fsp3) is 0.516. The fourth-order valence-corrected chi connectivity index (χ4v) is 8.84. The van der Waals surface area contributed by atoms with Gasteiger partial charge >= 0.3 is 18.0 Å². The summed E-state index contributed by atoms with van der Waals surface area (Å²) in [5.41, 5.74) is 0.478. The van der Waals surface area contributed by atoms with Crippen LogP contribution in [0.2, 0.25) is 5.02 Å². The van der Waals surface area contributed by atoms with Gasteiger partial charge in [0.05, 0.1) is 23.6 Å². The van der Waals surface area contributed by atoms with Gasteiger partial charge in [-0.15, -0.1) is 11.3 Å². The number of aromatic nitrogens is 1. The lowest BCUT2D eigenvalue weighted by atomic mass is 9.79. The maximum absolute atomic E-state index is 14.0. The lowest BCUT2D eigenvalue weighted by Crippen LogP contribution is -2.53. The van der Waals surface area contributed by atoms with Gasteiger partial charge in [-0.3, -0.25) is 14.7 Å². The van der Waals surface area contributed by atoms with Crippen LogP contribution in [0.1, 0.15) is 49.2 Å². The second kappa shape index (κ2) is 11.7. The van der Waals surface area contributed by atoms with Gasteiger partial charge < -0.3 is 25.0 Å². The highest BCUT2D eigenvalue weighted by atomic mass is 35.5. The Morgan fingerprint density at radius 2 is 2.11 bits per heavy atom. The van der Waals surface area contributed by atoms with E-state index >= 15 is 0 Å². The molecule has 1 aromatic carbocycles. The zero-order valence-corrected chi connectivity index (χ0v) is 26.3. The number of halogens is 2. The van der Waals surface area contributed by atoms with E-state index < -0.39 is 29.2 Å². The maximum atomic E-state index is 14.0. The van der Waals surface area contributed by atoms with Gasteiger partial charge in [0, 0.05) is 66.6 Å². The summed E-state index contributed by atoms with van der Waals surface area (Å²) in [6, 6.07) is 2.69. The summed E-state index contributed by atoms with van der Waals surface area (Å²) in [6.45, 7) is 4.27. The highest BCUT2D eigenvalue weighted by Crippen LogP contribution is 2.56. The number of carboxylic acid groups (broad SMARTS) is 1. The van der Waals surface area contributed by atoms with Crippen LogP contribution in [-0.4, -0.2) is 100 Å². The number of piperazine rings is 1. The van der Waals surface area contributed by atoms with E-state index in [0.717, 1.165) is 12.8 Å². The molecule has 14 heteroatoms. The minimum atomic E-state index is -0.859. The molecule has 5 aliphatic rings. The van der Waals surface area contributed by atoms with Crippen LogP contribution >= 0.6 is 22.9 Å². The number of urea groups is 1. The van der Waals surface area contributed by atoms with E-state index in [1.165, 1.54) is 29.5 Å². The van der Waals surface area contributed by atoms with Gasteiger partial charge in [-0.2, -0.15) is 0 Å². The van der Waals surface area contributed by atoms with Crippen molar-refractivity contribution in [1.29, 1.82) is 0 Å². The van der Waals surface area contributed by atoms with Gasteiger partial charge in [0.25, 0.3) is 0 Å². The molecule has 2 saturated carbocycles. The van der Waals surface area contributed by atoms with Gasteiger partial charge in [0.15, 0.2) is 10.8 Å². The molecule has 2 saturated heterocycles. The van der Waals surface area contributed by atoms with Gasteiger partial charge in [-0.1, -0.05) is 17.7 Å². The zero-order valence-electron chi connectivity index (χ0n) is 24.7. The Balaban J connectivity index is 1.17. The lowest BCUT2D eigenvalue weighted by Gasteiger charge is -2.38. The van der Waals surface area contributed by atoms with Crippen LogP contribution < -0.4 is 5.32 Å². The second-order valence-electron chi connectivity index (χ2n) is 12.5. The van der Waals surface area contributed by atoms with Crippen molar-refractivity contribution < 1.29 is 28.6 Å². The molecule has 5 atom stereocenters. The number of aliphatic carboxylic acids is 1. The van der Waals surface area contributed by atoms with Crippen LogP contribution in [0, 0.1) is 17.2 Å². The number of amidine groups is 1. The quantitative estimate of drug-likeness (QED) is 0.410. The molecule has 2 N–H and O–H groups in total. The van der Waals surface area contributed by atoms with Gasteiger partial charge in [-0.25, -0.2) is 19.0 Å². The van der Waals surface area contributed by atoms with E-state index in [9.17, 15) is 23.9 Å². The van der Waals surface area contributed by atoms with Crippen molar-refractivity contribution in [2.24, 2.45) is 16.3 Å². The van der Waals surface area contributed by atoms with Gasteiger partial charge in [-0.05, 0) is 50.7 Å². The number of amides is 2. The van der Waals surface area contributed by atoms with E-state index in [1.807, 2.05) is 15.2 Å². The summed E-state index contributed by atoms with van der Waals surface area (Å²) in [4.78, 5) is 54.7. The van der Waals surface area contributed by atoms with Crippen LogP contribution in [0.5, 0.6) is 0 Å². The zero-order chi connectivity index (χ0) is 31.5. The monoisotopic (exact) mass is 656 g/mol. The van der Waals surface area contributed by atoms with Crippen LogP contribution in [0.25, 0.3) is 0 Å². The predicted octanol–water partition coefficient (Wildman–Crippen LogP) is 3.91. The minimum absolute atomic E-state index is 0.0794. The highest BCUT2D eigenvalue weighted by molar-refractivity contribution is 7.11. The Hall–Kier alpha value is -3.55. The number of benzene rings is 1. The van der Waals surface area contributed by atoms with Crippen LogP contribution in [-0.2, 0) is 14.3 Å². The Kier molecular flexibility index (Phi) is 7.81. The summed E-state index contributed by atoms with van der Waals surface area (Å²) in [7, 11) is 0. The third-order valence-electron chi connectivity index (χ3n) is 10.0. The Bertz CT molecular complexity index is 1600.